The van der Waals surface area contributed by atoms with E-state index in [2.05, 4.69) is 15.0 Å². The van der Waals surface area contributed by atoms with Gasteiger partial charge in [-0.3, -0.25) is 14.2 Å². The fourth-order valence-corrected chi connectivity index (χ4v) is 2.11. The molecular weight excluding hydrogens is 268 g/mol. The zero-order chi connectivity index (χ0) is 13.8. The van der Waals surface area contributed by atoms with E-state index < -0.39 is 11.5 Å². The van der Waals surface area contributed by atoms with Crippen LogP contribution in [0.25, 0.3) is 11.2 Å². The van der Waals surface area contributed by atoms with Crippen molar-refractivity contribution in [1.82, 2.24) is 19.5 Å². The zero-order valence-electron chi connectivity index (χ0n) is 10.5. The van der Waals surface area contributed by atoms with Crippen molar-refractivity contribution < 1.29 is 9.53 Å². The molecule has 0 spiro atoms. The van der Waals surface area contributed by atoms with E-state index in [1.807, 2.05) is 0 Å². The maximum atomic E-state index is 12.2. The summed E-state index contributed by atoms with van der Waals surface area (Å²) in [4.78, 5) is 35.9. The topological polar surface area (TPSA) is 87.0 Å². The zero-order valence-corrected chi connectivity index (χ0v) is 11.3. The Labute approximate surface area is 113 Å². The molecule has 0 saturated carbocycles. The normalized spacial score (nSPS) is 10.6. The fraction of sp³-hybridized carbons (Fsp3) is 0.364. The first-order chi connectivity index (χ1) is 9.17. The summed E-state index contributed by atoms with van der Waals surface area (Å²) in [7, 11) is 0. The van der Waals surface area contributed by atoms with E-state index in [4.69, 9.17) is 4.74 Å². The third-order valence-corrected chi connectivity index (χ3v) is 3.01. The molecule has 2 aromatic heterocycles. The number of thioether (sulfide) groups is 1. The molecule has 0 unspecified atom stereocenters. The molecule has 0 saturated heterocycles. The molecule has 0 bridgehead atoms. The van der Waals surface area contributed by atoms with Crippen LogP contribution in [0.4, 0.5) is 0 Å². The number of fused-ring (bicyclic) bond motifs is 1. The SMILES string of the molecule is CCOC(=O)Cn1c(SC)nc2nccnc2c1=O. The Hall–Kier alpha value is -1.96. The molecule has 2 rings (SSSR count). The first kappa shape index (κ1) is 13.5. The maximum absolute atomic E-state index is 12.2. The lowest BCUT2D eigenvalue weighted by atomic mass is 10.5. The van der Waals surface area contributed by atoms with Gasteiger partial charge in [-0.15, -0.1) is 0 Å². The number of hydrogen-bond donors (Lipinski definition) is 0. The summed E-state index contributed by atoms with van der Waals surface area (Å²) < 4.78 is 6.09. The Morgan fingerprint density at radius 1 is 1.42 bits per heavy atom. The Balaban J connectivity index is 2.55. The van der Waals surface area contributed by atoms with E-state index in [1.54, 1.807) is 13.2 Å². The first-order valence-corrected chi connectivity index (χ1v) is 6.81. The van der Waals surface area contributed by atoms with Gasteiger partial charge in [0.1, 0.15) is 6.54 Å². The molecule has 0 atom stereocenters. The Kier molecular flexibility index (Phi) is 4.10. The number of carbonyl (C=O) groups excluding carboxylic acids is 1. The van der Waals surface area contributed by atoms with Crippen LogP contribution < -0.4 is 5.56 Å². The number of hydrogen-bond acceptors (Lipinski definition) is 7. The van der Waals surface area contributed by atoms with E-state index in [-0.39, 0.29) is 24.3 Å². The highest BCUT2D eigenvalue weighted by atomic mass is 32.2. The molecule has 0 radical (unpaired) electrons. The average Bonchev–Trinajstić information content (AvgIpc) is 2.42. The van der Waals surface area contributed by atoms with Crippen molar-refractivity contribution in [2.75, 3.05) is 12.9 Å². The number of aromatic nitrogens is 4. The number of esters is 1. The van der Waals surface area contributed by atoms with Gasteiger partial charge in [-0.05, 0) is 13.2 Å². The van der Waals surface area contributed by atoms with Gasteiger partial charge in [0.05, 0.1) is 6.61 Å². The van der Waals surface area contributed by atoms with Gasteiger partial charge in [-0.25, -0.2) is 15.0 Å². The van der Waals surface area contributed by atoms with Gasteiger partial charge in [0.25, 0.3) is 5.56 Å². The minimum absolute atomic E-state index is 0.143. The Bertz CT molecular complexity index is 671. The van der Waals surface area contributed by atoms with E-state index in [9.17, 15) is 9.59 Å². The minimum atomic E-state index is -0.482. The molecule has 0 fully saturated rings. The van der Waals surface area contributed by atoms with Crippen LogP contribution in [0.1, 0.15) is 6.92 Å². The smallest absolute Gasteiger partial charge is 0.326 e. The third-order valence-electron chi connectivity index (χ3n) is 2.33. The molecule has 2 heterocycles. The fourth-order valence-electron chi connectivity index (χ4n) is 1.56. The molecule has 7 nitrogen and oxygen atoms in total. The Morgan fingerprint density at radius 2 is 2.16 bits per heavy atom. The second-order valence-corrected chi connectivity index (χ2v) is 4.30. The predicted octanol–water partition coefficient (Wildman–Crippen LogP) is 0.472. The predicted molar refractivity (Wildman–Crippen MR) is 70.0 cm³/mol. The largest absolute Gasteiger partial charge is 0.465 e. The summed E-state index contributed by atoms with van der Waals surface area (Å²) in [6, 6.07) is 0. The van der Waals surface area contributed by atoms with E-state index >= 15 is 0 Å². The van der Waals surface area contributed by atoms with Crippen molar-refractivity contribution in [2.24, 2.45) is 0 Å². The summed E-state index contributed by atoms with van der Waals surface area (Å²) in [5, 5.41) is 0.408. The van der Waals surface area contributed by atoms with Crippen molar-refractivity contribution >= 4 is 28.9 Å². The summed E-state index contributed by atoms with van der Waals surface area (Å²) in [6.07, 6.45) is 4.65. The van der Waals surface area contributed by atoms with Crippen molar-refractivity contribution in [3.63, 3.8) is 0 Å². The first-order valence-electron chi connectivity index (χ1n) is 5.58. The number of carbonyl (C=O) groups is 1. The van der Waals surface area contributed by atoms with Crippen LogP contribution in [-0.2, 0) is 16.1 Å². The lowest BCUT2D eigenvalue weighted by Crippen LogP contribution is -2.28. The molecule has 8 heteroatoms. The molecule has 0 amide bonds. The van der Waals surface area contributed by atoms with Gasteiger partial charge in [-0.1, -0.05) is 11.8 Å². The molecular formula is C11H12N4O3S. The van der Waals surface area contributed by atoms with Crippen molar-refractivity contribution in [3.8, 4) is 0 Å². The molecule has 0 aliphatic rings. The van der Waals surface area contributed by atoms with Crippen LogP contribution in [0.3, 0.4) is 0 Å². The molecule has 0 aliphatic carbocycles. The van der Waals surface area contributed by atoms with Gasteiger partial charge < -0.3 is 4.74 Å². The van der Waals surface area contributed by atoms with Crippen molar-refractivity contribution in [2.45, 2.75) is 18.6 Å². The summed E-state index contributed by atoms with van der Waals surface area (Å²) in [6.45, 7) is 1.80. The van der Waals surface area contributed by atoms with E-state index in [1.165, 1.54) is 28.7 Å². The van der Waals surface area contributed by atoms with Gasteiger partial charge in [-0.2, -0.15) is 0 Å². The van der Waals surface area contributed by atoms with Gasteiger partial charge in [0.2, 0.25) is 0 Å². The second kappa shape index (κ2) is 5.79. The van der Waals surface area contributed by atoms with Gasteiger partial charge in [0.15, 0.2) is 16.3 Å². The van der Waals surface area contributed by atoms with Gasteiger partial charge in [0, 0.05) is 12.4 Å². The highest BCUT2D eigenvalue weighted by Crippen LogP contribution is 2.12. The van der Waals surface area contributed by atoms with E-state index in [0.29, 0.717) is 5.16 Å². The highest BCUT2D eigenvalue weighted by molar-refractivity contribution is 7.98. The van der Waals surface area contributed by atoms with Crippen molar-refractivity contribution in [1.29, 1.82) is 0 Å². The molecule has 19 heavy (non-hydrogen) atoms. The van der Waals surface area contributed by atoms with Crippen LogP contribution in [0.2, 0.25) is 0 Å². The summed E-state index contributed by atoms with van der Waals surface area (Å²) >= 11 is 1.26. The quantitative estimate of drug-likeness (QED) is 0.457. The third kappa shape index (κ3) is 2.73. The Morgan fingerprint density at radius 3 is 2.84 bits per heavy atom. The van der Waals surface area contributed by atoms with Crippen LogP contribution in [0.15, 0.2) is 22.3 Å². The number of nitrogens with zero attached hydrogens (tertiary/aromatic N) is 4. The number of rotatable bonds is 4. The van der Waals surface area contributed by atoms with Crippen LogP contribution >= 0.6 is 11.8 Å². The maximum Gasteiger partial charge on any atom is 0.326 e. The number of ether oxygens (including phenoxy) is 1. The highest BCUT2D eigenvalue weighted by Gasteiger charge is 2.15. The molecule has 0 aliphatic heterocycles. The van der Waals surface area contributed by atoms with E-state index in [0.717, 1.165) is 0 Å². The summed E-state index contributed by atoms with van der Waals surface area (Å²) in [5.41, 5.74) is 0.0251. The molecule has 100 valence electrons. The van der Waals surface area contributed by atoms with Crippen molar-refractivity contribution in [3.05, 3.63) is 22.7 Å². The van der Waals surface area contributed by atoms with Crippen LogP contribution in [0, 0.1) is 0 Å². The molecule has 0 aromatic carbocycles. The summed E-state index contributed by atoms with van der Waals surface area (Å²) in [5.74, 6) is -0.482. The second-order valence-electron chi connectivity index (χ2n) is 3.52. The molecule has 0 N–H and O–H groups in total. The van der Waals surface area contributed by atoms with Crippen LogP contribution in [0.5, 0.6) is 0 Å². The lowest BCUT2D eigenvalue weighted by Gasteiger charge is -2.09. The molecule has 2 aromatic rings. The van der Waals surface area contributed by atoms with Crippen LogP contribution in [-0.4, -0.2) is 38.4 Å². The standard InChI is InChI=1S/C11H12N4O3S/c1-3-18-7(16)6-15-10(17)8-9(13-5-4-12-8)14-11(15)19-2/h4-5H,3,6H2,1-2H3. The lowest BCUT2D eigenvalue weighted by molar-refractivity contribution is -0.144. The minimum Gasteiger partial charge on any atom is -0.465 e. The van der Waals surface area contributed by atoms with Gasteiger partial charge >= 0.3 is 5.97 Å². The average molecular weight is 280 g/mol. The monoisotopic (exact) mass is 280 g/mol.